The Morgan fingerprint density at radius 1 is 1.07 bits per heavy atom. The highest BCUT2D eigenvalue weighted by Gasteiger charge is 2.41. The molecule has 0 aliphatic carbocycles. The molecule has 0 spiro atoms. The molecule has 2 amide bonds. The average Bonchev–Trinajstić information content (AvgIpc) is 3.29. The molecule has 0 atom stereocenters. The van der Waals surface area contributed by atoms with E-state index in [0.717, 1.165) is 41.4 Å². The minimum Gasteiger partial charge on any atom is -0.286 e. The van der Waals surface area contributed by atoms with E-state index in [9.17, 15) is 19.7 Å². The number of likely N-dealkylation sites (tertiary alicyclic amines) is 1. The molecule has 9 heteroatoms. The third kappa shape index (κ3) is 3.06. The van der Waals surface area contributed by atoms with E-state index >= 15 is 0 Å². The second-order valence-corrected chi connectivity index (χ2v) is 8.61. The topological polar surface area (TPSA) is 96.6 Å². The summed E-state index contributed by atoms with van der Waals surface area (Å²) >= 11 is 1.72. The van der Waals surface area contributed by atoms with Gasteiger partial charge in [0, 0.05) is 25.1 Å². The highest BCUT2D eigenvalue weighted by molar-refractivity contribution is 7.18. The normalized spacial score (nSPS) is 17.7. The number of nitro groups is 1. The van der Waals surface area contributed by atoms with Crippen molar-refractivity contribution in [1.29, 1.82) is 0 Å². The molecule has 0 N–H and O–H groups in total. The van der Waals surface area contributed by atoms with E-state index in [-0.39, 0.29) is 23.5 Å². The van der Waals surface area contributed by atoms with Crippen molar-refractivity contribution in [2.45, 2.75) is 18.8 Å². The Balaban J connectivity index is 1.28. The third-order valence-electron chi connectivity index (χ3n) is 5.76. The highest BCUT2D eigenvalue weighted by atomic mass is 32.1. The summed E-state index contributed by atoms with van der Waals surface area (Å²) in [6.07, 6.45) is 1.78. The summed E-state index contributed by atoms with van der Waals surface area (Å²) in [5.74, 6) is -0.690. The molecule has 1 fully saturated rings. The second kappa shape index (κ2) is 7.26. The molecular weight excluding hydrogens is 404 g/mol. The summed E-state index contributed by atoms with van der Waals surface area (Å²) in [5.41, 5.74) is 0.714. The van der Waals surface area contributed by atoms with Gasteiger partial charge in [0.1, 0.15) is 5.56 Å². The molecule has 2 aromatic carbocycles. The van der Waals surface area contributed by atoms with Crippen LogP contribution in [0.4, 0.5) is 5.69 Å². The Labute approximate surface area is 175 Å². The first-order chi connectivity index (χ1) is 14.5. The zero-order valence-electron chi connectivity index (χ0n) is 16.0. The molecule has 30 heavy (non-hydrogen) atoms. The molecule has 2 aliphatic heterocycles. The zero-order valence-corrected chi connectivity index (χ0v) is 16.8. The second-order valence-electron chi connectivity index (χ2n) is 7.55. The van der Waals surface area contributed by atoms with E-state index in [4.69, 9.17) is 4.98 Å². The van der Waals surface area contributed by atoms with Crippen molar-refractivity contribution in [3.05, 3.63) is 68.7 Å². The monoisotopic (exact) mass is 422 g/mol. The van der Waals surface area contributed by atoms with Gasteiger partial charge in [-0.3, -0.25) is 29.5 Å². The van der Waals surface area contributed by atoms with Crippen LogP contribution in [-0.2, 0) is 0 Å². The van der Waals surface area contributed by atoms with Gasteiger partial charge in [-0.15, -0.1) is 11.3 Å². The first kappa shape index (κ1) is 18.8. The van der Waals surface area contributed by atoms with Crippen molar-refractivity contribution < 1.29 is 14.5 Å². The summed E-state index contributed by atoms with van der Waals surface area (Å²) in [6, 6.07) is 12.3. The number of thiazole rings is 1. The Kier molecular flexibility index (Phi) is 4.56. The number of hydrogen-bond acceptors (Lipinski definition) is 7. The molecule has 0 radical (unpaired) electrons. The lowest BCUT2D eigenvalue weighted by molar-refractivity contribution is -0.385. The maximum atomic E-state index is 12.8. The number of carbonyl (C=O) groups excluding carboxylic acids is 2. The summed E-state index contributed by atoms with van der Waals surface area (Å²) < 4.78 is 1.18. The van der Waals surface area contributed by atoms with Gasteiger partial charge in [-0.05, 0) is 31.0 Å². The van der Waals surface area contributed by atoms with Crippen LogP contribution in [0.3, 0.4) is 0 Å². The number of benzene rings is 2. The summed E-state index contributed by atoms with van der Waals surface area (Å²) in [6.45, 7) is 1.61. The zero-order chi connectivity index (χ0) is 20.8. The summed E-state index contributed by atoms with van der Waals surface area (Å²) in [4.78, 5) is 44.0. The summed E-state index contributed by atoms with van der Waals surface area (Å²) in [7, 11) is 0. The molecule has 0 bridgehead atoms. The van der Waals surface area contributed by atoms with Crippen LogP contribution in [-0.4, -0.2) is 51.3 Å². The fourth-order valence-corrected chi connectivity index (χ4v) is 5.32. The maximum Gasteiger partial charge on any atom is 0.282 e. The number of piperidine rings is 1. The Morgan fingerprint density at radius 2 is 1.83 bits per heavy atom. The van der Waals surface area contributed by atoms with E-state index in [1.165, 1.54) is 22.9 Å². The van der Waals surface area contributed by atoms with Gasteiger partial charge in [-0.25, -0.2) is 4.98 Å². The molecule has 5 rings (SSSR count). The predicted octanol–water partition coefficient (Wildman–Crippen LogP) is 3.64. The average molecular weight is 422 g/mol. The fraction of sp³-hybridized carbons (Fsp3) is 0.286. The number of nitro benzene ring substituents is 1. The van der Waals surface area contributed by atoms with Crippen molar-refractivity contribution in [3.63, 3.8) is 0 Å². The molecule has 0 unspecified atom stereocenters. The molecule has 1 aromatic heterocycles. The smallest absolute Gasteiger partial charge is 0.282 e. The standard InChI is InChI=1S/C21H18N4O4S/c26-20-14-4-3-6-16(25(28)29)18(14)21(27)24(20)12-23-10-8-13(9-11-23)19-22-15-5-1-2-7-17(15)30-19/h1-7,13H,8-12H2. The van der Waals surface area contributed by atoms with Crippen molar-refractivity contribution in [2.75, 3.05) is 19.8 Å². The van der Waals surface area contributed by atoms with Crippen LogP contribution < -0.4 is 0 Å². The first-order valence-corrected chi connectivity index (χ1v) is 10.6. The van der Waals surface area contributed by atoms with E-state index in [1.54, 1.807) is 11.3 Å². The van der Waals surface area contributed by atoms with Gasteiger partial charge in [-0.1, -0.05) is 18.2 Å². The number of carbonyl (C=O) groups is 2. The van der Waals surface area contributed by atoms with Gasteiger partial charge in [0.15, 0.2) is 0 Å². The fourth-order valence-electron chi connectivity index (χ4n) is 4.18. The van der Waals surface area contributed by atoms with Gasteiger partial charge >= 0.3 is 0 Å². The van der Waals surface area contributed by atoms with E-state index < -0.39 is 16.7 Å². The lowest BCUT2D eigenvalue weighted by Crippen LogP contribution is -2.44. The Bertz CT molecular complexity index is 1150. The van der Waals surface area contributed by atoms with Crippen molar-refractivity contribution >= 4 is 39.1 Å². The van der Waals surface area contributed by atoms with E-state index in [2.05, 4.69) is 11.0 Å². The lowest BCUT2D eigenvalue weighted by atomic mass is 9.98. The first-order valence-electron chi connectivity index (χ1n) is 9.74. The van der Waals surface area contributed by atoms with Crippen LogP contribution in [0.25, 0.3) is 10.2 Å². The molecule has 0 saturated carbocycles. The molecule has 152 valence electrons. The van der Waals surface area contributed by atoms with Crippen LogP contribution in [0, 0.1) is 10.1 Å². The third-order valence-corrected chi connectivity index (χ3v) is 6.96. The lowest BCUT2D eigenvalue weighted by Gasteiger charge is -2.33. The number of fused-ring (bicyclic) bond motifs is 2. The van der Waals surface area contributed by atoms with Crippen LogP contribution in [0.1, 0.15) is 44.5 Å². The van der Waals surface area contributed by atoms with Gasteiger partial charge < -0.3 is 0 Å². The van der Waals surface area contributed by atoms with Crippen molar-refractivity contribution in [2.24, 2.45) is 0 Å². The Hall–Kier alpha value is -3.17. The molecule has 3 aromatic rings. The van der Waals surface area contributed by atoms with Gasteiger partial charge in [0.25, 0.3) is 17.5 Å². The molecule has 8 nitrogen and oxygen atoms in total. The number of nitrogens with zero attached hydrogens (tertiary/aromatic N) is 4. The number of rotatable bonds is 4. The number of para-hydroxylation sites is 1. The minimum absolute atomic E-state index is 0.100. The molecule has 1 saturated heterocycles. The van der Waals surface area contributed by atoms with E-state index in [0.29, 0.717) is 5.92 Å². The molecular formula is C21H18N4O4S. The largest absolute Gasteiger partial charge is 0.286 e. The maximum absolute atomic E-state index is 12.8. The highest BCUT2D eigenvalue weighted by Crippen LogP contribution is 2.35. The molecule has 2 aliphatic rings. The van der Waals surface area contributed by atoms with Crippen molar-refractivity contribution in [3.8, 4) is 0 Å². The van der Waals surface area contributed by atoms with Gasteiger partial charge in [-0.2, -0.15) is 0 Å². The summed E-state index contributed by atoms with van der Waals surface area (Å²) in [5, 5.41) is 12.4. The number of imide groups is 1. The number of amides is 2. The van der Waals surface area contributed by atoms with Crippen molar-refractivity contribution in [1.82, 2.24) is 14.8 Å². The van der Waals surface area contributed by atoms with Crippen LogP contribution >= 0.6 is 11.3 Å². The van der Waals surface area contributed by atoms with Crippen LogP contribution in [0.15, 0.2) is 42.5 Å². The van der Waals surface area contributed by atoms with Gasteiger partial charge in [0.2, 0.25) is 0 Å². The Morgan fingerprint density at radius 3 is 2.57 bits per heavy atom. The number of hydrogen-bond donors (Lipinski definition) is 0. The SMILES string of the molecule is O=C1c2cccc([N+](=O)[O-])c2C(=O)N1CN1CCC(c2nc3ccccc3s2)CC1. The van der Waals surface area contributed by atoms with Gasteiger partial charge in [0.05, 0.1) is 32.4 Å². The van der Waals surface area contributed by atoms with E-state index in [1.807, 2.05) is 18.2 Å². The van der Waals surface area contributed by atoms with Crippen LogP contribution in [0.2, 0.25) is 0 Å². The van der Waals surface area contributed by atoms with Crippen LogP contribution in [0.5, 0.6) is 0 Å². The minimum atomic E-state index is -0.614. The predicted molar refractivity (Wildman–Crippen MR) is 112 cm³/mol. The quantitative estimate of drug-likeness (QED) is 0.362. The molecule has 3 heterocycles. The number of aromatic nitrogens is 1.